The number of amides is 1. The third kappa shape index (κ3) is 3.79. The van der Waals surface area contributed by atoms with Crippen molar-refractivity contribution in [3.8, 4) is 0 Å². The van der Waals surface area contributed by atoms with Crippen molar-refractivity contribution >= 4 is 34.6 Å². The molecule has 0 saturated heterocycles. The molecule has 2 rings (SSSR count). The number of hydrogen-bond acceptors (Lipinski definition) is 3. The molecule has 0 aliphatic rings. The molecule has 2 aromatic carbocycles. The lowest BCUT2D eigenvalue weighted by atomic mass is 10.1. The maximum absolute atomic E-state index is 12.1. The molecule has 2 aromatic rings. The summed E-state index contributed by atoms with van der Waals surface area (Å²) in [4.78, 5) is 12.1. The predicted molar refractivity (Wildman–Crippen MR) is 90.5 cm³/mol. The van der Waals surface area contributed by atoms with Crippen molar-refractivity contribution in [2.24, 2.45) is 0 Å². The Bertz CT molecular complexity index is 698. The van der Waals surface area contributed by atoms with Crippen molar-refractivity contribution in [2.75, 3.05) is 11.1 Å². The fourth-order valence-electron chi connectivity index (χ4n) is 1.98. The van der Waals surface area contributed by atoms with Crippen LogP contribution < -0.4 is 16.4 Å². The Hall–Kier alpha value is -2.40. The number of carbonyl (C=O) groups is 1. The molecule has 0 aromatic heterocycles. The van der Waals surface area contributed by atoms with Gasteiger partial charge in [0.05, 0.1) is 0 Å². The monoisotopic (exact) mass is 299 g/mol. The lowest BCUT2D eigenvalue weighted by Gasteiger charge is -2.13. The normalized spacial score (nSPS) is 10.0. The number of anilines is 2. The molecule has 5 heteroatoms. The summed E-state index contributed by atoms with van der Waals surface area (Å²) >= 11 is 5.17. The third-order valence-corrected chi connectivity index (χ3v) is 3.32. The quantitative estimate of drug-likeness (QED) is 0.589. The molecule has 0 aliphatic heterocycles. The van der Waals surface area contributed by atoms with Gasteiger partial charge in [-0.2, -0.15) is 0 Å². The van der Waals surface area contributed by atoms with E-state index >= 15 is 0 Å². The first kappa shape index (κ1) is 15.0. The van der Waals surface area contributed by atoms with E-state index in [0.29, 0.717) is 11.3 Å². The Balaban J connectivity index is 2.05. The number of hydrogen-bond donors (Lipinski definition) is 3. The topological polar surface area (TPSA) is 67.2 Å². The van der Waals surface area contributed by atoms with Crippen molar-refractivity contribution in [3.63, 3.8) is 0 Å². The van der Waals surface area contributed by atoms with Crippen molar-refractivity contribution < 1.29 is 4.79 Å². The number of nitrogens with one attached hydrogen (secondary N) is 2. The zero-order valence-corrected chi connectivity index (χ0v) is 12.8. The van der Waals surface area contributed by atoms with E-state index in [1.165, 1.54) is 0 Å². The minimum Gasteiger partial charge on any atom is -0.399 e. The van der Waals surface area contributed by atoms with Crippen LogP contribution in [0.1, 0.15) is 21.5 Å². The lowest BCUT2D eigenvalue weighted by Crippen LogP contribution is -2.34. The molecule has 0 atom stereocenters. The Morgan fingerprint density at radius 3 is 2.48 bits per heavy atom. The van der Waals surface area contributed by atoms with Crippen LogP contribution in [0, 0.1) is 13.8 Å². The smallest absolute Gasteiger partial charge is 0.257 e. The largest absolute Gasteiger partial charge is 0.399 e. The molecular weight excluding hydrogens is 282 g/mol. The van der Waals surface area contributed by atoms with Gasteiger partial charge in [-0.25, -0.2) is 0 Å². The summed E-state index contributed by atoms with van der Waals surface area (Å²) in [5, 5.41) is 5.94. The van der Waals surface area contributed by atoms with Crippen LogP contribution in [0.15, 0.2) is 42.5 Å². The van der Waals surface area contributed by atoms with Gasteiger partial charge >= 0.3 is 0 Å². The number of nitrogen functional groups attached to an aromatic ring is 1. The van der Waals surface area contributed by atoms with Crippen LogP contribution in [0.3, 0.4) is 0 Å². The average molecular weight is 299 g/mol. The minimum absolute atomic E-state index is 0.223. The van der Waals surface area contributed by atoms with E-state index in [0.717, 1.165) is 16.8 Å². The standard InChI is InChI=1S/C16H17N3OS/c1-10-5-3-4-6-13(10)15(20)19-16(21)18-14-8-7-12(17)9-11(14)2/h3-9H,17H2,1-2H3,(H2,18,19,20,21). The van der Waals surface area contributed by atoms with Crippen LogP contribution in [-0.4, -0.2) is 11.0 Å². The maximum atomic E-state index is 12.1. The summed E-state index contributed by atoms with van der Waals surface area (Å²) < 4.78 is 0. The molecule has 0 spiro atoms. The van der Waals surface area contributed by atoms with Gasteiger partial charge in [-0.15, -0.1) is 0 Å². The molecule has 0 saturated carbocycles. The molecule has 21 heavy (non-hydrogen) atoms. The molecule has 4 nitrogen and oxygen atoms in total. The molecular formula is C16H17N3OS. The third-order valence-electron chi connectivity index (χ3n) is 3.12. The molecule has 0 heterocycles. The number of rotatable bonds is 2. The fourth-order valence-corrected chi connectivity index (χ4v) is 2.18. The first-order valence-corrected chi connectivity index (χ1v) is 6.92. The highest BCUT2D eigenvalue weighted by Gasteiger charge is 2.10. The van der Waals surface area contributed by atoms with Gasteiger partial charge in [0.1, 0.15) is 0 Å². The number of nitrogens with two attached hydrogens (primary N) is 1. The molecule has 1 amide bonds. The second-order valence-electron chi connectivity index (χ2n) is 4.80. The highest BCUT2D eigenvalue weighted by atomic mass is 32.1. The Morgan fingerprint density at radius 1 is 1.10 bits per heavy atom. The summed E-state index contributed by atoms with van der Waals surface area (Å²) in [6.07, 6.45) is 0. The highest BCUT2D eigenvalue weighted by molar-refractivity contribution is 7.80. The van der Waals surface area contributed by atoms with Crippen molar-refractivity contribution in [1.82, 2.24) is 5.32 Å². The van der Waals surface area contributed by atoms with Gasteiger partial charge in [0.2, 0.25) is 0 Å². The van der Waals surface area contributed by atoms with Crippen LogP contribution in [-0.2, 0) is 0 Å². The minimum atomic E-state index is -0.223. The Kier molecular flexibility index (Phi) is 4.55. The van der Waals surface area contributed by atoms with E-state index in [2.05, 4.69) is 10.6 Å². The van der Waals surface area contributed by atoms with Crippen molar-refractivity contribution in [3.05, 3.63) is 59.2 Å². The van der Waals surface area contributed by atoms with E-state index in [-0.39, 0.29) is 11.0 Å². The van der Waals surface area contributed by atoms with Gasteiger partial charge in [0, 0.05) is 16.9 Å². The van der Waals surface area contributed by atoms with Gasteiger partial charge < -0.3 is 11.1 Å². The predicted octanol–water partition coefficient (Wildman–Crippen LogP) is 3.01. The van der Waals surface area contributed by atoms with Crippen LogP contribution >= 0.6 is 12.2 Å². The Labute approximate surface area is 129 Å². The summed E-state index contributed by atoms with van der Waals surface area (Å²) in [6.45, 7) is 3.81. The molecule has 0 fully saturated rings. The summed E-state index contributed by atoms with van der Waals surface area (Å²) in [6, 6.07) is 12.8. The zero-order chi connectivity index (χ0) is 15.4. The van der Waals surface area contributed by atoms with Crippen molar-refractivity contribution in [2.45, 2.75) is 13.8 Å². The van der Waals surface area contributed by atoms with Crippen LogP contribution in [0.5, 0.6) is 0 Å². The molecule has 0 aliphatic carbocycles. The van der Waals surface area contributed by atoms with Gasteiger partial charge in [-0.05, 0) is 61.5 Å². The van der Waals surface area contributed by atoms with Crippen LogP contribution in [0.2, 0.25) is 0 Å². The number of benzene rings is 2. The molecule has 0 unspecified atom stereocenters. The fraction of sp³-hybridized carbons (Fsp3) is 0.125. The Morgan fingerprint density at radius 2 is 1.81 bits per heavy atom. The lowest BCUT2D eigenvalue weighted by molar-refractivity contribution is 0.0977. The van der Waals surface area contributed by atoms with Crippen molar-refractivity contribution in [1.29, 1.82) is 0 Å². The zero-order valence-electron chi connectivity index (χ0n) is 11.9. The van der Waals surface area contributed by atoms with Gasteiger partial charge in [-0.3, -0.25) is 10.1 Å². The van der Waals surface area contributed by atoms with E-state index in [1.54, 1.807) is 12.1 Å². The average Bonchev–Trinajstić information content (AvgIpc) is 2.42. The van der Waals surface area contributed by atoms with Gasteiger partial charge in [-0.1, -0.05) is 18.2 Å². The van der Waals surface area contributed by atoms with Gasteiger partial charge in [0.25, 0.3) is 5.91 Å². The summed E-state index contributed by atoms with van der Waals surface area (Å²) in [7, 11) is 0. The number of thiocarbonyl (C=S) groups is 1. The van der Waals surface area contributed by atoms with E-state index in [1.807, 2.05) is 44.2 Å². The van der Waals surface area contributed by atoms with Crippen LogP contribution in [0.4, 0.5) is 11.4 Å². The van der Waals surface area contributed by atoms with E-state index in [9.17, 15) is 4.79 Å². The summed E-state index contributed by atoms with van der Waals surface area (Å²) in [5.74, 6) is -0.223. The molecule has 108 valence electrons. The van der Waals surface area contributed by atoms with Gasteiger partial charge in [0.15, 0.2) is 5.11 Å². The SMILES string of the molecule is Cc1cc(N)ccc1NC(=S)NC(=O)c1ccccc1C. The number of carbonyl (C=O) groups excluding carboxylic acids is 1. The molecule has 0 radical (unpaired) electrons. The first-order chi connectivity index (χ1) is 9.97. The molecule has 4 N–H and O–H groups in total. The second-order valence-corrected chi connectivity index (χ2v) is 5.21. The molecule has 0 bridgehead atoms. The van der Waals surface area contributed by atoms with E-state index < -0.39 is 0 Å². The second kappa shape index (κ2) is 6.37. The maximum Gasteiger partial charge on any atom is 0.257 e. The van der Waals surface area contributed by atoms with E-state index in [4.69, 9.17) is 18.0 Å². The van der Waals surface area contributed by atoms with Crippen LogP contribution in [0.25, 0.3) is 0 Å². The highest BCUT2D eigenvalue weighted by Crippen LogP contribution is 2.17. The summed E-state index contributed by atoms with van der Waals surface area (Å²) in [5.41, 5.74) is 9.68. The first-order valence-electron chi connectivity index (χ1n) is 6.51. The number of aryl methyl sites for hydroxylation is 2.